The second-order valence-corrected chi connectivity index (χ2v) is 6.72. The highest BCUT2D eigenvalue weighted by Crippen LogP contribution is 2.18. The van der Waals surface area contributed by atoms with Crippen molar-refractivity contribution in [2.24, 2.45) is 0 Å². The molecule has 1 aromatic heterocycles. The van der Waals surface area contributed by atoms with Gasteiger partial charge in [0.15, 0.2) is 0 Å². The number of aromatic nitrogens is 2. The molecule has 7 heteroatoms. The van der Waals surface area contributed by atoms with Crippen molar-refractivity contribution >= 4 is 23.2 Å². The van der Waals surface area contributed by atoms with Crippen LogP contribution in [0.3, 0.4) is 0 Å². The average Bonchev–Trinajstić information content (AvgIpc) is 2.80. The second kappa shape index (κ2) is 8.40. The maximum atomic E-state index is 12.4. The predicted octanol–water partition coefficient (Wildman–Crippen LogP) is 2.93. The van der Waals surface area contributed by atoms with Gasteiger partial charge in [-0.2, -0.15) is 5.26 Å². The molecule has 2 heterocycles. The molecule has 0 spiro atoms. The fourth-order valence-corrected chi connectivity index (χ4v) is 3.24. The minimum absolute atomic E-state index is 0.282. The van der Waals surface area contributed by atoms with Gasteiger partial charge in [0.2, 0.25) is 5.95 Å². The number of nitrogens with one attached hydrogen (secondary N) is 1. The van der Waals surface area contributed by atoms with E-state index >= 15 is 0 Å². The van der Waals surface area contributed by atoms with Crippen molar-refractivity contribution in [3.63, 3.8) is 0 Å². The number of nitrogens with zero attached hydrogens (tertiary/aromatic N) is 5. The van der Waals surface area contributed by atoms with Gasteiger partial charge in [0.05, 0.1) is 17.2 Å². The van der Waals surface area contributed by atoms with Crippen LogP contribution in [0.5, 0.6) is 0 Å². The van der Waals surface area contributed by atoms with Crippen LogP contribution in [0.25, 0.3) is 0 Å². The first-order valence-corrected chi connectivity index (χ1v) is 9.41. The molecule has 0 bridgehead atoms. The summed E-state index contributed by atoms with van der Waals surface area (Å²) in [7, 11) is 0. The Labute approximate surface area is 169 Å². The molecule has 0 radical (unpaired) electrons. The molecule has 1 aliphatic rings. The molecule has 0 saturated carbocycles. The Hall–Kier alpha value is -3.92. The standard InChI is InChI=1S/C22H20N6O/c23-14-17-6-8-19(9-7-17)26-21(29)18-15-24-22(25-16-18)28-12-10-27(11-13-28)20-4-2-1-3-5-20/h1-9,15-16H,10-13H2,(H,26,29). The monoisotopic (exact) mass is 384 g/mol. The molecule has 4 rings (SSSR count). The summed E-state index contributed by atoms with van der Waals surface area (Å²) in [5, 5.41) is 11.6. The lowest BCUT2D eigenvalue weighted by Gasteiger charge is -2.36. The summed E-state index contributed by atoms with van der Waals surface area (Å²) in [6, 6.07) is 19.1. The molecule has 1 fully saturated rings. The topological polar surface area (TPSA) is 85.1 Å². The Morgan fingerprint density at radius 1 is 0.897 bits per heavy atom. The van der Waals surface area contributed by atoms with Crippen LogP contribution >= 0.6 is 0 Å². The maximum Gasteiger partial charge on any atom is 0.258 e. The van der Waals surface area contributed by atoms with Crippen molar-refractivity contribution in [3.8, 4) is 6.07 Å². The summed E-state index contributed by atoms with van der Waals surface area (Å²) in [5.41, 5.74) is 2.78. The summed E-state index contributed by atoms with van der Waals surface area (Å²) in [4.78, 5) is 25.6. The zero-order valence-electron chi connectivity index (χ0n) is 15.8. The minimum Gasteiger partial charge on any atom is -0.368 e. The Bertz CT molecular complexity index is 1000. The van der Waals surface area contributed by atoms with Gasteiger partial charge in [-0.05, 0) is 36.4 Å². The molecule has 0 aliphatic carbocycles. The van der Waals surface area contributed by atoms with E-state index in [1.165, 1.54) is 5.69 Å². The fraction of sp³-hybridized carbons (Fsp3) is 0.182. The van der Waals surface area contributed by atoms with Gasteiger partial charge in [-0.25, -0.2) is 9.97 Å². The van der Waals surface area contributed by atoms with Crippen LogP contribution in [0.4, 0.5) is 17.3 Å². The Balaban J connectivity index is 1.35. The van der Waals surface area contributed by atoms with Crippen molar-refractivity contribution in [3.05, 3.63) is 78.1 Å². The largest absolute Gasteiger partial charge is 0.368 e. The van der Waals surface area contributed by atoms with Crippen molar-refractivity contribution in [1.82, 2.24) is 9.97 Å². The molecule has 1 aliphatic heterocycles. The van der Waals surface area contributed by atoms with Crippen molar-refractivity contribution < 1.29 is 4.79 Å². The predicted molar refractivity (Wildman–Crippen MR) is 112 cm³/mol. The first-order valence-electron chi connectivity index (χ1n) is 9.41. The average molecular weight is 384 g/mol. The lowest BCUT2D eigenvalue weighted by Crippen LogP contribution is -2.47. The van der Waals surface area contributed by atoms with E-state index in [4.69, 9.17) is 5.26 Å². The van der Waals surface area contributed by atoms with E-state index in [-0.39, 0.29) is 5.91 Å². The molecule has 7 nitrogen and oxygen atoms in total. The fourth-order valence-electron chi connectivity index (χ4n) is 3.24. The van der Waals surface area contributed by atoms with Gasteiger partial charge in [-0.3, -0.25) is 4.79 Å². The summed E-state index contributed by atoms with van der Waals surface area (Å²) in [6.45, 7) is 3.44. The number of nitriles is 1. The molecule has 1 N–H and O–H groups in total. The van der Waals surface area contributed by atoms with Crippen LogP contribution in [-0.4, -0.2) is 42.1 Å². The van der Waals surface area contributed by atoms with Gasteiger partial charge in [-0.15, -0.1) is 0 Å². The van der Waals surface area contributed by atoms with E-state index in [9.17, 15) is 4.79 Å². The van der Waals surface area contributed by atoms with E-state index in [1.54, 1.807) is 36.7 Å². The van der Waals surface area contributed by atoms with Gasteiger partial charge in [0.25, 0.3) is 5.91 Å². The number of amides is 1. The smallest absolute Gasteiger partial charge is 0.258 e. The third-order valence-electron chi connectivity index (χ3n) is 4.86. The number of carbonyl (C=O) groups excluding carboxylic acids is 1. The van der Waals surface area contributed by atoms with Crippen molar-refractivity contribution in [2.45, 2.75) is 0 Å². The SMILES string of the molecule is N#Cc1ccc(NC(=O)c2cnc(N3CCN(c4ccccc4)CC3)nc2)cc1. The van der Waals surface area contributed by atoms with Crippen molar-refractivity contribution in [1.29, 1.82) is 5.26 Å². The van der Waals surface area contributed by atoms with Crippen LogP contribution in [-0.2, 0) is 0 Å². The minimum atomic E-state index is -0.282. The summed E-state index contributed by atoms with van der Waals surface area (Å²) in [6.07, 6.45) is 3.09. The van der Waals surface area contributed by atoms with Gasteiger partial charge < -0.3 is 15.1 Å². The normalized spacial score (nSPS) is 13.6. The first kappa shape index (κ1) is 18.4. The number of rotatable bonds is 4. The van der Waals surface area contributed by atoms with Crippen LogP contribution in [0, 0.1) is 11.3 Å². The number of piperazine rings is 1. The van der Waals surface area contributed by atoms with Gasteiger partial charge in [0, 0.05) is 49.9 Å². The molecule has 0 unspecified atom stereocenters. The summed E-state index contributed by atoms with van der Waals surface area (Å²) < 4.78 is 0. The molecule has 1 saturated heterocycles. The highest BCUT2D eigenvalue weighted by molar-refractivity contribution is 6.03. The van der Waals surface area contributed by atoms with E-state index < -0.39 is 0 Å². The van der Waals surface area contributed by atoms with Crippen molar-refractivity contribution in [2.75, 3.05) is 41.3 Å². The zero-order valence-corrected chi connectivity index (χ0v) is 15.8. The van der Waals surface area contributed by atoms with Gasteiger partial charge in [-0.1, -0.05) is 18.2 Å². The Morgan fingerprint density at radius 3 is 2.14 bits per heavy atom. The number of hydrogen-bond acceptors (Lipinski definition) is 6. The summed E-state index contributed by atoms with van der Waals surface area (Å²) >= 11 is 0. The third kappa shape index (κ3) is 4.33. The number of para-hydroxylation sites is 1. The first-order chi connectivity index (χ1) is 14.2. The Morgan fingerprint density at radius 2 is 1.52 bits per heavy atom. The molecule has 0 atom stereocenters. The summed E-state index contributed by atoms with van der Waals surface area (Å²) in [5.74, 6) is 0.350. The lowest BCUT2D eigenvalue weighted by molar-refractivity contribution is 0.102. The quantitative estimate of drug-likeness (QED) is 0.744. The van der Waals surface area contributed by atoms with Crippen LogP contribution in [0.1, 0.15) is 15.9 Å². The molecule has 144 valence electrons. The maximum absolute atomic E-state index is 12.4. The van der Waals surface area contributed by atoms with E-state index in [2.05, 4.69) is 37.2 Å². The molecule has 3 aromatic rings. The van der Waals surface area contributed by atoms with E-state index in [1.807, 2.05) is 24.3 Å². The number of hydrogen-bond donors (Lipinski definition) is 1. The molecule has 2 aromatic carbocycles. The Kier molecular flexibility index (Phi) is 5.34. The molecular weight excluding hydrogens is 364 g/mol. The number of carbonyl (C=O) groups is 1. The lowest BCUT2D eigenvalue weighted by atomic mass is 10.2. The molecule has 1 amide bonds. The van der Waals surface area contributed by atoms with Crippen LogP contribution in [0.15, 0.2) is 67.0 Å². The highest BCUT2D eigenvalue weighted by Gasteiger charge is 2.19. The highest BCUT2D eigenvalue weighted by atomic mass is 16.1. The molecule has 29 heavy (non-hydrogen) atoms. The van der Waals surface area contributed by atoms with Crippen LogP contribution < -0.4 is 15.1 Å². The number of benzene rings is 2. The van der Waals surface area contributed by atoms with Gasteiger partial charge in [0.1, 0.15) is 0 Å². The number of anilines is 3. The van der Waals surface area contributed by atoms with E-state index in [0.29, 0.717) is 22.8 Å². The van der Waals surface area contributed by atoms with Crippen LogP contribution in [0.2, 0.25) is 0 Å². The second-order valence-electron chi connectivity index (χ2n) is 6.72. The molecular formula is C22H20N6O. The van der Waals surface area contributed by atoms with E-state index in [0.717, 1.165) is 26.2 Å². The van der Waals surface area contributed by atoms with Gasteiger partial charge >= 0.3 is 0 Å². The zero-order chi connectivity index (χ0) is 20.1. The third-order valence-corrected chi connectivity index (χ3v) is 4.86.